The van der Waals surface area contributed by atoms with Crippen molar-refractivity contribution in [2.75, 3.05) is 26.5 Å². The third-order valence-electron chi connectivity index (χ3n) is 4.19. The molecule has 1 amide bonds. The summed E-state index contributed by atoms with van der Waals surface area (Å²) < 4.78 is 23.8. The van der Waals surface area contributed by atoms with Gasteiger partial charge in [-0.25, -0.2) is 4.39 Å². The van der Waals surface area contributed by atoms with Gasteiger partial charge < -0.3 is 14.4 Å². The molecule has 2 aromatic carbocycles. The highest BCUT2D eigenvalue weighted by molar-refractivity contribution is 7.99. The first-order chi connectivity index (χ1) is 12.1. The van der Waals surface area contributed by atoms with Gasteiger partial charge >= 0.3 is 0 Å². The molecule has 3 rings (SSSR count). The maximum atomic E-state index is 13.0. The van der Waals surface area contributed by atoms with E-state index in [-0.39, 0.29) is 23.5 Å². The summed E-state index contributed by atoms with van der Waals surface area (Å²) in [6.07, 6.45) is 0.260. The summed E-state index contributed by atoms with van der Waals surface area (Å²) in [6, 6.07) is 11.7. The molecule has 6 heteroatoms. The molecule has 1 heterocycles. The Morgan fingerprint density at radius 2 is 1.96 bits per heavy atom. The minimum absolute atomic E-state index is 0.0273. The number of benzene rings is 2. The Bertz CT molecular complexity index is 751. The molecular formula is C19H20FNO3S. The van der Waals surface area contributed by atoms with Crippen molar-refractivity contribution in [2.45, 2.75) is 11.8 Å². The fraction of sp³-hybridized carbons (Fsp3) is 0.316. The molecule has 2 aromatic rings. The number of ether oxygens (including phenoxy) is 2. The smallest absolute Gasteiger partial charge is 0.228 e. The van der Waals surface area contributed by atoms with E-state index in [9.17, 15) is 9.18 Å². The van der Waals surface area contributed by atoms with Crippen LogP contribution < -0.4 is 9.47 Å². The van der Waals surface area contributed by atoms with Crippen LogP contribution in [0.3, 0.4) is 0 Å². The standard InChI is InChI=1S/C19H20FNO3S/c1-23-15-7-8-16(17(12-15)24-2)19-21(9-10-25-19)18(22)11-13-3-5-14(20)6-4-13/h3-8,12,19H,9-11H2,1-2H3/t19-/m1/s1. The molecule has 1 aliphatic heterocycles. The molecule has 4 nitrogen and oxygen atoms in total. The molecule has 132 valence electrons. The number of nitrogens with zero attached hydrogens (tertiary/aromatic N) is 1. The number of methoxy groups -OCH3 is 2. The number of hydrogen-bond acceptors (Lipinski definition) is 4. The minimum Gasteiger partial charge on any atom is -0.497 e. The van der Waals surface area contributed by atoms with Crippen LogP contribution in [-0.2, 0) is 11.2 Å². The van der Waals surface area contributed by atoms with Gasteiger partial charge in [0, 0.05) is 23.9 Å². The first kappa shape index (κ1) is 17.6. The molecule has 1 saturated heterocycles. The minimum atomic E-state index is -0.297. The molecule has 1 aliphatic rings. The Hall–Kier alpha value is -2.21. The zero-order valence-electron chi connectivity index (χ0n) is 14.2. The quantitative estimate of drug-likeness (QED) is 0.815. The monoisotopic (exact) mass is 361 g/mol. The molecule has 0 N–H and O–H groups in total. The van der Waals surface area contributed by atoms with E-state index in [1.165, 1.54) is 12.1 Å². The molecule has 0 aromatic heterocycles. The van der Waals surface area contributed by atoms with Gasteiger partial charge in [0.05, 0.1) is 20.6 Å². The van der Waals surface area contributed by atoms with Crippen molar-refractivity contribution in [1.29, 1.82) is 0 Å². The summed E-state index contributed by atoms with van der Waals surface area (Å²) in [5.41, 5.74) is 1.77. The third-order valence-corrected chi connectivity index (χ3v) is 5.43. The van der Waals surface area contributed by atoms with Gasteiger partial charge in [0.2, 0.25) is 5.91 Å². The fourth-order valence-corrected chi connectivity index (χ4v) is 4.19. The zero-order valence-corrected chi connectivity index (χ0v) is 15.0. The Morgan fingerprint density at radius 1 is 1.20 bits per heavy atom. The van der Waals surface area contributed by atoms with Gasteiger partial charge in [0.25, 0.3) is 0 Å². The highest BCUT2D eigenvalue weighted by atomic mass is 32.2. The summed E-state index contributed by atoms with van der Waals surface area (Å²) in [6.45, 7) is 0.685. The second kappa shape index (κ2) is 7.78. The van der Waals surface area contributed by atoms with Crippen LogP contribution in [0.1, 0.15) is 16.5 Å². The van der Waals surface area contributed by atoms with Crippen molar-refractivity contribution in [3.05, 3.63) is 59.4 Å². The average Bonchev–Trinajstić information content (AvgIpc) is 3.12. The van der Waals surface area contributed by atoms with Crippen LogP contribution in [0.5, 0.6) is 11.5 Å². The van der Waals surface area contributed by atoms with Gasteiger partial charge in [-0.15, -0.1) is 11.8 Å². The van der Waals surface area contributed by atoms with Crippen molar-refractivity contribution in [3.63, 3.8) is 0 Å². The highest BCUT2D eigenvalue weighted by Gasteiger charge is 2.32. The van der Waals surface area contributed by atoms with E-state index in [4.69, 9.17) is 9.47 Å². The van der Waals surface area contributed by atoms with Gasteiger partial charge in [-0.1, -0.05) is 12.1 Å². The zero-order chi connectivity index (χ0) is 17.8. The van der Waals surface area contributed by atoms with Crippen LogP contribution in [0, 0.1) is 5.82 Å². The van der Waals surface area contributed by atoms with Gasteiger partial charge in [0.15, 0.2) is 0 Å². The summed E-state index contributed by atoms with van der Waals surface area (Å²) in [7, 11) is 3.22. The van der Waals surface area contributed by atoms with E-state index in [0.29, 0.717) is 18.0 Å². The van der Waals surface area contributed by atoms with E-state index >= 15 is 0 Å². The van der Waals surface area contributed by atoms with E-state index in [0.717, 1.165) is 16.9 Å². The van der Waals surface area contributed by atoms with E-state index in [1.807, 2.05) is 23.1 Å². The number of amides is 1. The van der Waals surface area contributed by atoms with Crippen LogP contribution in [-0.4, -0.2) is 37.3 Å². The molecular weight excluding hydrogens is 341 g/mol. The van der Waals surface area contributed by atoms with Crippen molar-refractivity contribution in [1.82, 2.24) is 4.90 Å². The molecule has 0 bridgehead atoms. The molecule has 0 aliphatic carbocycles. The Morgan fingerprint density at radius 3 is 2.64 bits per heavy atom. The van der Waals surface area contributed by atoms with Gasteiger partial charge in [-0.3, -0.25) is 4.79 Å². The normalized spacial score (nSPS) is 16.8. The van der Waals surface area contributed by atoms with Crippen molar-refractivity contribution in [3.8, 4) is 11.5 Å². The lowest BCUT2D eigenvalue weighted by atomic mass is 10.1. The predicted molar refractivity (Wildman–Crippen MR) is 96.6 cm³/mol. The van der Waals surface area contributed by atoms with E-state index < -0.39 is 0 Å². The maximum Gasteiger partial charge on any atom is 0.228 e. The van der Waals surface area contributed by atoms with Crippen LogP contribution in [0.4, 0.5) is 4.39 Å². The third kappa shape index (κ3) is 3.90. The summed E-state index contributed by atoms with van der Waals surface area (Å²) in [4.78, 5) is 14.6. The lowest BCUT2D eigenvalue weighted by Crippen LogP contribution is -2.31. The summed E-state index contributed by atoms with van der Waals surface area (Å²) in [5.74, 6) is 2.02. The first-order valence-corrected chi connectivity index (χ1v) is 9.04. The van der Waals surface area contributed by atoms with Crippen LogP contribution in [0.15, 0.2) is 42.5 Å². The molecule has 0 unspecified atom stereocenters. The fourth-order valence-electron chi connectivity index (χ4n) is 2.88. The molecule has 1 atom stereocenters. The van der Waals surface area contributed by atoms with E-state index in [2.05, 4.69) is 0 Å². The lowest BCUT2D eigenvalue weighted by molar-refractivity contribution is -0.130. The number of carbonyl (C=O) groups is 1. The Balaban J connectivity index is 1.80. The Labute approximate surface area is 150 Å². The lowest BCUT2D eigenvalue weighted by Gasteiger charge is -2.25. The van der Waals surface area contributed by atoms with Gasteiger partial charge in [0.1, 0.15) is 22.7 Å². The van der Waals surface area contributed by atoms with Crippen molar-refractivity contribution in [2.24, 2.45) is 0 Å². The second-order valence-electron chi connectivity index (χ2n) is 5.72. The number of carbonyl (C=O) groups excluding carboxylic acids is 1. The maximum absolute atomic E-state index is 13.0. The molecule has 0 saturated carbocycles. The number of hydrogen-bond donors (Lipinski definition) is 0. The molecule has 25 heavy (non-hydrogen) atoms. The van der Waals surface area contributed by atoms with Crippen molar-refractivity contribution >= 4 is 17.7 Å². The summed E-state index contributed by atoms with van der Waals surface area (Å²) >= 11 is 1.71. The molecule has 0 radical (unpaired) electrons. The largest absolute Gasteiger partial charge is 0.497 e. The van der Waals surface area contributed by atoms with Gasteiger partial charge in [-0.05, 0) is 29.8 Å². The Kier molecular flexibility index (Phi) is 5.48. The van der Waals surface area contributed by atoms with Crippen LogP contribution >= 0.6 is 11.8 Å². The molecule has 1 fully saturated rings. The first-order valence-electron chi connectivity index (χ1n) is 8.00. The van der Waals surface area contributed by atoms with Crippen molar-refractivity contribution < 1.29 is 18.7 Å². The van der Waals surface area contributed by atoms with Crippen LogP contribution in [0.2, 0.25) is 0 Å². The van der Waals surface area contributed by atoms with E-state index in [1.54, 1.807) is 38.1 Å². The molecule has 0 spiro atoms. The summed E-state index contributed by atoms with van der Waals surface area (Å²) in [5, 5.41) is -0.0891. The van der Waals surface area contributed by atoms with Gasteiger partial charge in [-0.2, -0.15) is 0 Å². The second-order valence-corrected chi connectivity index (χ2v) is 6.91. The average molecular weight is 361 g/mol. The predicted octanol–water partition coefficient (Wildman–Crippen LogP) is 3.66. The highest BCUT2D eigenvalue weighted by Crippen LogP contribution is 2.43. The number of halogens is 1. The van der Waals surface area contributed by atoms with Crippen LogP contribution in [0.25, 0.3) is 0 Å². The topological polar surface area (TPSA) is 38.8 Å². The number of thioether (sulfide) groups is 1. The number of rotatable bonds is 5. The SMILES string of the molecule is COc1ccc([C@H]2SCCN2C(=O)Cc2ccc(F)cc2)c(OC)c1.